The molecule has 5 heteroatoms. The summed E-state index contributed by atoms with van der Waals surface area (Å²) in [4.78, 5) is 12.2. The number of anilines is 1. The quantitative estimate of drug-likeness (QED) is 0.816. The number of rotatable bonds is 2. The minimum absolute atomic E-state index is 0.190. The molecule has 3 nitrogen and oxygen atoms in total. The minimum atomic E-state index is -0.409. The van der Waals surface area contributed by atoms with Crippen LogP contribution in [-0.4, -0.2) is 12.5 Å². The van der Waals surface area contributed by atoms with E-state index >= 15 is 0 Å². The van der Waals surface area contributed by atoms with E-state index in [1.807, 2.05) is 0 Å². The Morgan fingerprint density at radius 2 is 2.33 bits per heavy atom. The lowest BCUT2D eigenvalue weighted by atomic mass is 10.2. The number of fused-ring (bicyclic) bond motifs is 1. The zero-order valence-corrected chi connectivity index (χ0v) is 10.5. The van der Waals surface area contributed by atoms with Crippen molar-refractivity contribution in [3.63, 3.8) is 0 Å². The van der Waals surface area contributed by atoms with Crippen molar-refractivity contribution in [2.75, 3.05) is 12.3 Å². The molecule has 2 rings (SSSR count). The molecule has 0 aliphatic heterocycles. The fraction of sp³-hybridized carbons (Fsp3) is 0.154. The number of halogens is 1. The van der Waals surface area contributed by atoms with Gasteiger partial charge in [-0.25, -0.2) is 4.39 Å². The third-order valence-corrected chi connectivity index (χ3v) is 3.59. The fourth-order valence-corrected chi connectivity index (χ4v) is 2.64. The Bertz CT molecular complexity index is 667. The lowest BCUT2D eigenvalue weighted by Crippen LogP contribution is -2.23. The molecule has 1 heterocycles. The first-order chi connectivity index (χ1) is 8.65. The van der Waals surface area contributed by atoms with E-state index in [0.29, 0.717) is 15.0 Å². The third-order valence-electron chi connectivity index (χ3n) is 2.42. The number of nitrogens with one attached hydrogen (secondary N) is 1. The second-order valence-corrected chi connectivity index (χ2v) is 4.62. The first-order valence-electron chi connectivity index (χ1n) is 5.29. The van der Waals surface area contributed by atoms with Gasteiger partial charge in [0.1, 0.15) is 10.7 Å². The molecule has 1 amide bonds. The van der Waals surface area contributed by atoms with E-state index in [9.17, 15) is 9.18 Å². The number of amides is 1. The maximum absolute atomic E-state index is 13.6. The molecule has 0 saturated heterocycles. The molecule has 0 aliphatic rings. The summed E-state index contributed by atoms with van der Waals surface area (Å²) < 4.78 is 14.3. The number of thiophene rings is 1. The van der Waals surface area contributed by atoms with Crippen LogP contribution in [0.5, 0.6) is 0 Å². The van der Waals surface area contributed by atoms with E-state index in [1.165, 1.54) is 17.4 Å². The molecule has 18 heavy (non-hydrogen) atoms. The summed E-state index contributed by atoms with van der Waals surface area (Å²) in [6, 6.07) is 4.66. The van der Waals surface area contributed by atoms with Crippen LogP contribution in [0.3, 0.4) is 0 Å². The van der Waals surface area contributed by atoms with Gasteiger partial charge in [0.05, 0.1) is 17.6 Å². The van der Waals surface area contributed by atoms with Crippen LogP contribution in [0.2, 0.25) is 0 Å². The molecule has 0 spiro atoms. The van der Waals surface area contributed by atoms with Crippen molar-refractivity contribution in [3.05, 3.63) is 28.9 Å². The maximum Gasteiger partial charge on any atom is 0.264 e. The van der Waals surface area contributed by atoms with Crippen LogP contribution in [0.15, 0.2) is 18.2 Å². The Morgan fingerprint density at radius 1 is 1.56 bits per heavy atom. The zero-order chi connectivity index (χ0) is 13.1. The molecule has 0 unspecified atom stereocenters. The van der Waals surface area contributed by atoms with Gasteiger partial charge in [0.15, 0.2) is 0 Å². The SMILES string of the molecule is CC#CCNC(=O)c1sc2cccc(F)c2c1N. The van der Waals surface area contributed by atoms with E-state index in [2.05, 4.69) is 17.2 Å². The molecule has 0 aliphatic carbocycles. The van der Waals surface area contributed by atoms with Crippen LogP contribution < -0.4 is 11.1 Å². The van der Waals surface area contributed by atoms with Gasteiger partial charge in [0, 0.05) is 4.70 Å². The van der Waals surface area contributed by atoms with Gasteiger partial charge < -0.3 is 11.1 Å². The Balaban J connectivity index is 2.39. The van der Waals surface area contributed by atoms with Crippen molar-refractivity contribution in [1.82, 2.24) is 5.32 Å². The maximum atomic E-state index is 13.6. The van der Waals surface area contributed by atoms with Crippen molar-refractivity contribution in [2.45, 2.75) is 6.92 Å². The molecule has 0 bridgehead atoms. The highest BCUT2D eigenvalue weighted by atomic mass is 32.1. The van der Waals surface area contributed by atoms with Gasteiger partial charge in [-0.2, -0.15) is 0 Å². The van der Waals surface area contributed by atoms with Crippen molar-refractivity contribution in [2.24, 2.45) is 0 Å². The fourth-order valence-electron chi connectivity index (χ4n) is 1.59. The van der Waals surface area contributed by atoms with Gasteiger partial charge in [-0.05, 0) is 19.1 Å². The van der Waals surface area contributed by atoms with Gasteiger partial charge in [-0.3, -0.25) is 4.79 Å². The number of hydrogen-bond donors (Lipinski definition) is 2. The van der Waals surface area contributed by atoms with Crippen LogP contribution in [0, 0.1) is 17.7 Å². The molecule has 1 aromatic carbocycles. The standard InChI is InChI=1S/C13H11FN2OS/c1-2-3-7-16-13(17)12-11(15)10-8(14)5-4-6-9(10)18-12/h4-6H,7,15H2,1H3,(H,16,17). The highest BCUT2D eigenvalue weighted by molar-refractivity contribution is 7.21. The molecule has 0 saturated carbocycles. The lowest BCUT2D eigenvalue weighted by molar-refractivity contribution is 0.0963. The van der Waals surface area contributed by atoms with Crippen molar-refractivity contribution < 1.29 is 9.18 Å². The molecule has 92 valence electrons. The van der Waals surface area contributed by atoms with Crippen LogP contribution in [-0.2, 0) is 0 Å². The first-order valence-corrected chi connectivity index (χ1v) is 6.11. The van der Waals surface area contributed by atoms with E-state index in [1.54, 1.807) is 19.1 Å². The number of carbonyl (C=O) groups excluding carboxylic acids is 1. The summed E-state index contributed by atoms with van der Waals surface area (Å²) >= 11 is 1.18. The monoisotopic (exact) mass is 262 g/mol. The van der Waals surface area contributed by atoms with E-state index in [4.69, 9.17) is 5.73 Å². The molecule has 3 N–H and O–H groups in total. The second-order valence-electron chi connectivity index (χ2n) is 3.57. The van der Waals surface area contributed by atoms with Gasteiger partial charge >= 0.3 is 0 Å². The Hall–Kier alpha value is -2.06. The third kappa shape index (κ3) is 2.15. The Morgan fingerprint density at radius 3 is 3.00 bits per heavy atom. The van der Waals surface area contributed by atoms with Crippen molar-refractivity contribution in [3.8, 4) is 11.8 Å². The first kappa shape index (κ1) is 12.4. The number of nitrogens with two attached hydrogens (primary N) is 1. The van der Waals surface area contributed by atoms with Crippen LogP contribution in [0.4, 0.5) is 10.1 Å². The summed E-state index contributed by atoms with van der Waals surface area (Å²) in [5, 5.41) is 2.93. The van der Waals surface area contributed by atoms with Gasteiger partial charge in [0.25, 0.3) is 5.91 Å². The molecule has 0 fully saturated rings. The summed E-state index contributed by atoms with van der Waals surface area (Å²) in [5.74, 6) is 4.66. The lowest BCUT2D eigenvalue weighted by Gasteiger charge is -1.99. The van der Waals surface area contributed by atoms with E-state index in [-0.39, 0.29) is 18.1 Å². The summed E-state index contributed by atoms with van der Waals surface area (Å²) in [7, 11) is 0. The summed E-state index contributed by atoms with van der Waals surface area (Å²) in [5.41, 5.74) is 6.01. The predicted molar refractivity (Wildman–Crippen MR) is 72.0 cm³/mol. The van der Waals surface area contributed by atoms with E-state index < -0.39 is 5.82 Å². The summed E-state index contributed by atoms with van der Waals surface area (Å²) in [6.45, 7) is 1.95. The molecular weight excluding hydrogens is 251 g/mol. The topological polar surface area (TPSA) is 55.1 Å². The zero-order valence-electron chi connectivity index (χ0n) is 9.71. The van der Waals surface area contributed by atoms with Gasteiger partial charge in [-0.1, -0.05) is 12.0 Å². The van der Waals surface area contributed by atoms with Crippen LogP contribution in [0.25, 0.3) is 10.1 Å². The number of hydrogen-bond acceptors (Lipinski definition) is 3. The van der Waals surface area contributed by atoms with Gasteiger partial charge in [-0.15, -0.1) is 17.3 Å². The number of nitrogen functional groups attached to an aromatic ring is 1. The Kier molecular flexibility index (Phi) is 3.49. The highest BCUT2D eigenvalue weighted by Crippen LogP contribution is 2.35. The van der Waals surface area contributed by atoms with E-state index in [0.717, 1.165) is 0 Å². The molecular formula is C13H11FN2OS. The normalized spacial score (nSPS) is 9.89. The molecule has 2 aromatic rings. The Labute approximate surface area is 108 Å². The van der Waals surface area contributed by atoms with Crippen LogP contribution >= 0.6 is 11.3 Å². The average molecular weight is 262 g/mol. The highest BCUT2D eigenvalue weighted by Gasteiger charge is 2.17. The summed E-state index contributed by atoms with van der Waals surface area (Å²) in [6.07, 6.45) is 0. The molecule has 0 radical (unpaired) electrons. The van der Waals surface area contributed by atoms with Gasteiger partial charge in [0.2, 0.25) is 0 Å². The predicted octanol–water partition coefficient (Wildman–Crippen LogP) is 2.38. The molecule has 1 aromatic heterocycles. The second kappa shape index (κ2) is 5.07. The number of carbonyl (C=O) groups is 1. The molecule has 0 atom stereocenters. The number of benzene rings is 1. The van der Waals surface area contributed by atoms with Crippen LogP contribution in [0.1, 0.15) is 16.6 Å². The van der Waals surface area contributed by atoms with Crippen molar-refractivity contribution >= 4 is 33.0 Å². The average Bonchev–Trinajstić information content (AvgIpc) is 2.68. The smallest absolute Gasteiger partial charge is 0.264 e. The minimum Gasteiger partial charge on any atom is -0.397 e. The van der Waals surface area contributed by atoms with Crippen molar-refractivity contribution in [1.29, 1.82) is 0 Å². The largest absolute Gasteiger partial charge is 0.397 e.